The molecule has 0 bridgehead atoms. The summed E-state index contributed by atoms with van der Waals surface area (Å²) in [5.74, 6) is 0.180. The lowest BCUT2D eigenvalue weighted by Gasteiger charge is -2.38. The van der Waals surface area contributed by atoms with Gasteiger partial charge in [0.2, 0.25) is 0 Å². The number of aromatic nitrogens is 1. The standard InChI is InChI=1S/C13H19N3O4/c1-9-2-4-13(8-17,5-3-9)15-12(18)11-6-10(7-14-11)16(19)20/h6-7,9,14,17H,2-5,8H2,1H3,(H,15,18). The Morgan fingerprint density at radius 2 is 2.25 bits per heavy atom. The van der Waals surface area contributed by atoms with E-state index in [1.54, 1.807) is 0 Å². The summed E-state index contributed by atoms with van der Waals surface area (Å²) >= 11 is 0. The topological polar surface area (TPSA) is 108 Å². The average Bonchev–Trinajstić information content (AvgIpc) is 2.92. The fourth-order valence-electron chi connectivity index (χ4n) is 2.56. The number of aliphatic hydroxyl groups is 1. The number of aliphatic hydroxyl groups excluding tert-OH is 1. The highest BCUT2D eigenvalue weighted by atomic mass is 16.6. The molecule has 0 radical (unpaired) electrons. The zero-order valence-electron chi connectivity index (χ0n) is 11.4. The first-order chi connectivity index (χ1) is 9.46. The number of hydrogen-bond acceptors (Lipinski definition) is 4. The molecule has 0 spiro atoms. The van der Waals surface area contributed by atoms with Crippen LogP contribution in [0.5, 0.6) is 0 Å². The maximum Gasteiger partial charge on any atom is 0.287 e. The predicted molar refractivity (Wildman–Crippen MR) is 72.4 cm³/mol. The van der Waals surface area contributed by atoms with E-state index in [1.165, 1.54) is 12.3 Å². The van der Waals surface area contributed by atoms with Gasteiger partial charge in [-0.3, -0.25) is 14.9 Å². The third-order valence-corrected chi connectivity index (χ3v) is 4.04. The monoisotopic (exact) mass is 281 g/mol. The molecule has 1 amide bonds. The lowest BCUT2D eigenvalue weighted by molar-refractivity contribution is -0.384. The van der Waals surface area contributed by atoms with Crippen molar-refractivity contribution in [2.45, 2.75) is 38.1 Å². The number of aromatic amines is 1. The summed E-state index contributed by atoms with van der Waals surface area (Å²) in [6, 6.07) is 1.20. The predicted octanol–water partition coefficient (Wildman–Crippen LogP) is 1.59. The van der Waals surface area contributed by atoms with E-state index in [2.05, 4.69) is 17.2 Å². The third-order valence-electron chi connectivity index (χ3n) is 4.04. The molecule has 2 rings (SSSR count). The Morgan fingerprint density at radius 1 is 1.60 bits per heavy atom. The van der Waals surface area contributed by atoms with Crippen LogP contribution in [0.1, 0.15) is 43.1 Å². The summed E-state index contributed by atoms with van der Waals surface area (Å²) in [4.78, 5) is 24.7. The molecule has 0 saturated heterocycles. The van der Waals surface area contributed by atoms with Crippen molar-refractivity contribution in [3.05, 3.63) is 28.1 Å². The molecule has 7 heteroatoms. The van der Waals surface area contributed by atoms with Gasteiger partial charge < -0.3 is 15.4 Å². The molecule has 1 aromatic heterocycles. The molecule has 0 unspecified atom stereocenters. The lowest BCUT2D eigenvalue weighted by Crippen LogP contribution is -2.53. The zero-order chi connectivity index (χ0) is 14.8. The van der Waals surface area contributed by atoms with Gasteiger partial charge in [0.25, 0.3) is 11.6 Å². The highest BCUT2D eigenvalue weighted by molar-refractivity contribution is 5.93. The second-order valence-corrected chi connectivity index (χ2v) is 5.60. The van der Waals surface area contributed by atoms with Gasteiger partial charge >= 0.3 is 0 Å². The second kappa shape index (κ2) is 5.62. The Labute approximate surface area is 116 Å². The van der Waals surface area contributed by atoms with Crippen molar-refractivity contribution in [2.75, 3.05) is 6.61 Å². The molecule has 1 saturated carbocycles. The van der Waals surface area contributed by atoms with Crippen molar-refractivity contribution in [1.29, 1.82) is 0 Å². The van der Waals surface area contributed by atoms with Gasteiger partial charge in [-0.1, -0.05) is 6.92 Å². The van der Waals surface area contributed by atoms with E-state index >= 15 is 0 Å². The minimum atomic E-state index is -0.608. The Morgan fingerprint density at radius 3 is 2.75 bits per heavy atom. The molecule has 0 aliphatic heterocycles. The highest BCUT2D eigenvalue weighted by Crippen LogP contribution is 2.31. The number of carbonyl (C=O) groups excluding carboxylic acids is 1. The summed E-state index contributed by atoms with van der Waals surface area (Å²) in [7, 11) is 0. The number of nitrogens with one attached hydrogen (secondary N) is 2. The first-order valence-electron chi connectivity index (χ1n) is 6.72. The number of rotatable bonds is 4. The van der Waals surface area contributed by atoms with Crippen LogP contribution in [0.25, 0.3) is 0 Å². The number of amides is 1. The molecule has 110 valence electrons. The van der Waals surface area contributed by atoms with Gasteiger partial charge in [0, 0.05) is 6.07 Å². The van der Waals surface area contributed by atoms with Crippen molar-refractivity contribution in [2.24, 2.45) is 5.92 Å². The van der Waals surface area contributed by atoms with Gasteiger partial charge in [0.15, 0.2) is 0 Å². The van der Waals surface area contributed by atoms with Crippen molar-refractivity contribution < 1.29 is 14.8 Å². The Kier molecular flexibility index (Phi) is 4.08. The summed E-state index contributed by atoms with van der Waals surface area (Å²) in [5.41, 5.74) is -0.614. The van der Waals surface area contributed by atoms with E-state index in [1.807, 2.05) is 0 Å². The molecule has 20 heavy (non-hydrogen) atoms. The first kappa shape index (κ1) is 14.5. The third kappa shape index (κ3) is 2.98. The maximum absolute atomic E-state index is 12.1. The quantitative estimate of drug-likeness (QED) is 0.575. The van der Waals surface area contributed by atoms with E-state index in [0.717, 1.165) is 25.7 Å². The number of hydrogen-bond donors (Lipinski definition) is 3. The van der Waals surface area contributed by atoms with E-state index in [0.29, 0.717) is 5.92 Å². The van der Waals surface area contributed by atoms with Gasteiger partial charge in [-0.25, -0.2) is 0 Å². The van der Waals surface area contributed by atoms with Crippen LogP contribution in [0, 0.1) is 16.0 Å². The van der Waals surface area contributed by atoms with Crippen molar-refractivity contribution in [3.63, 3.8) is 0 Å². The smallest absolute Gasteiger partial charge is 0.287 e. The first-order valence-corrected chi connectivity index (χ1v) is 6.72. The fraction of sp³-hybridized carbons (Fsp3) is 0.615. The van der Waals surface area contributed by atoms with Gasteiger partial charge in [-0.05, 0) is 31.6 Å². The van der Waals surface area contributed by atoms with Crippen molar-refractivity contribution in [1.82, 2.24) is 10.3 Å². The van der Waals surface area contributed by atoms with Crippen LogP contribution in [0.2, 0.25) is 0 Å². The van der Waals surface area contributed by atoms with Gasteiger partial charge in [0.05, 0.1) is 23.3 Å². The summed E-state index contributed by atoms with van der Waals surface area (Å²) in [6.45, 7) is 2.03. The molecular formula is C13H19N3O4. The largest absolute Gasteiger partial charge is 0.394 e. The Balaban J connectivity index is 2.07. The van der Waals surface area contributed by atoms with E-state index in [9.17, 15) is 20.0 Å². The fourth-order valence-corrected chi connectivity index (χ4v) is 2.56. The molecule has 1 aromatic rings. The maximum atomic E-state index is 12.1. The SMILES string of the molecule is CC1CCC(CO)(NC(=O)c2cc([N+](=O)[O-])c[nH]2)CC1. The minimum Gasteiger partial charge on any atom is -0.394 e. The zero-order valence-corrected chi connectivity index (χ0v) is 11.4. The molecule has 1 fully saturated rings. The molecule has 0 aromatic carbocycles. The normalized spacial score (nSPS) is 26.2. The van der Waals surface area contributed by atoms with Crippen LogP contribution in [0.15, 0.2) is 12.3 Å². The molecular weight excluding hydrogens is 262 g/mol. The van der Waals surface area contributed by atoms with Crippen molar-refractivity contribution >= 4 is 11.6 Å². The van der Waals surface area contributed by atoms with Crippen LogP contribution in [-0.2, 0) is 0 Å². The number of nitro groups is 1. The minimum absolute atomic E-state index is 0.117. The second-order valence-electron chi connectivity index (χ2n) is 5.60. The number of carbonyl (C=O) groups is 1. The van der Waals surface area contributed by atoms with Gasteiger partial charge in [-0.15, -0.1) is 0 Å². The Bertz CT molecular complexity index is 503. The van der Waals surface area contributed by atoms with E-state index in [4.69, 9.17) is 0 Å². The molecule has 3 N–H and O–H groups in total. The number of H-pyrrole nitrogens is 1. The average molecular weight is 281 g/mol. The van der Waals surface area contributed by atoms with Gasteiger partial charge in [-0.2, -0.15) is 0 Å². The molecule has 1 aliphatic rings. The summed E-state index contributed by atoms with van der Waals surface area (Å²) in [5, 5.41) is 23.0. The van der Waals surface area contributed by atoms with Crippen LogP contribution in [-0.4, -0.2) is 33.1 Å². The number of nitrogens with zero attached hydrogens (tertiary/aromatic N) is 1. The molecule has 1 heterocycles. The van der Waals surface area contributed by atoms with Crippen molar-refractivity contribution in [3.8, 4) is 0 Å². The molecule has 1 aliphatic carbocycles. The molecule has 0 atom stereocenters. The van der Waals surface area contributed by atoms with E-state index < -0.39 is 16.4 Å². The van der Waals surface area contributed by atoms with Crippen LogP contribution in [0.3, 0.4) is 0 Å². The van der Waals surface area contributed by atoms with Gasteiger partial charge in [0.1, 0.15) is 5.69 Å². The van der Waals surface area contributed by atoms with E-state index in [-0.39, 0.29) is 18.0 Å². The lowest BCUT2D eigenvalue weighted by atomic mass is 9.77. The Hall–Kier alpha value is -1.89. The van der Waals surface area contributed by atoms with Crippen LogP contribution >= 0.6 is 0 Å². The molecule has 7 nitrogen and oxygen atoms in total. The summed E-state index contributed by atoms with van der Waals surface area (Å²) in [6.07, 6.45) is 4.53. The van der Waals surface area contributed by atoms with Crippen LogP contribution < -0.4 is 5.32 Å². The summed E-state index contributed by atoms with van der Waals surface area (Å²) < 4.78 is 0. The highest BCUT2D eigenvalue weighted by Gasteiger charge is 2.35. The van der Waals surface area contributed by atoms with Crippen LogP contribution in [0.4, 0.5) is 5.69 Å².